The van der Waals surface area contributed by atoms with Gasteiger partial charge < -0.3 is 10.6 Å². The van der Waals surface area contributed by atoms with Crippen molar-refractivity contribution in [1.82, 2.24) is 10.6 Å². The first-order valence-corrected chi connectivity index (χ1v) is 8.67. The van der Waals surface area contributed by atoms with Crippen molar-refractivity contribution in [1.29, 1.82) is 0 Å². The van der Waals surface area contributed by atoms with E-state index in [0.717, 1.165) is 19.2 Å². The topological polar surface area (TPSA) is 75.3 Å². The lowest BCUT2D eigenvalue weighted by Gasteiger charge is -2.10. The Labute approximate surface area is 131 Å². The van der Waals surface area contributed by atoms with E-state index < -0.39 is 9.84 Å². The zero-order chi connectivity index (χ0) is 14.6. The summed E-state index contributed by atoms with van der Waals surface area (Å²) in [6, 6.07) is 6.51. The highest BCUT2D eigenvalue weighted by atomic mass is 35.5. The second-order valence-electron chi connectivity index (χ2n) is 5.13. The van der Waals surface area contributed by atoms with Gasteiger partial charge in [0.25, 0.3) is 5.91 Å². The molecule has 7 heteroatoms. The Kier molecular flexibility index (Phi) is 6.64. The Hall–Kier alpha value is -1.11. The standard InChI is InChI=1S/C14H20N2O3S.ClH/c1-20(18,19)13-6-4-11(5-7-13)14(17)16-10-8-12-3-2-9-15-12;/h4-7,12,15H,2-3,8-10H2,1H3,(H,16,17);1H/t12-;/m1./s1. The van der Waals surface area contributed by atoms with Crippen molar-refractivity contribution in [2.45, 2.75) is 30.2 Å². The molecule has 0 bridgehead atoms. The van der Waals surface area contributed by atoms with Crippen LogP contribution in [0.4, 0.5) is 0 Å². The summed E-state index contributed by atoms with van der Waals surface area (Å²) in [4.78, 5) is 12.1. The lowest BCUT2D eigenvalue weighted by molar-refractivity contribution is 0.0952. The lowest BCUT2D eigenvalue weighted by atomic mass is 10.1. The Morgan fingerprint density at radius 1 is 1.33 bits per heavy atom. The number of sulfone groups is 1. The Balaban J connectivity index is 0.00000220. The number of benzene rings is 1. The summed E-state index contributed by atoms with van der Waals surface area (Å²) < 4.78 is 22.7. The molecule has 1 heterocycles. The van der Waals surface area contributed by atoms with Gasteiger partial charge in [0.15, 0.2) is 9.84 Å². The molecule has 0 radical (unpaired) electrons. The van der Waals surface area contributed by atoms with Crippen LogP contribution in [0.25, 0.3) is 0 Å². The molecule has 0 spiro atoms. The van der Waals surface area contributed by atoms with Gasteiger partial charge in [-0.1, -0.05) is 0 Å². The summed E-state index contributed by atoms with van der Waals surface area (Å²) in [5, 5.41) is 6.23. The molecular weight excluding hydrogens is 312 g/mol. The van der Waals surface area contributed by atoms with E-state index in [-0.39, 0.29) is 23.2 Å². The molecule has 0 saturated carbocycles. The number of rotatable bonds is 5. The quantitative estimate of drug-likeness (QED) is 0.854. The molecule has 1 aromatic carbocycles. The van der Waals surface area contributed by atoms with Gasteiger partial charge in [-0.15, -0.1) is 12.4 Å². The van der Waals surface area contributed by atoms with Gasteiger partial charge in [-0.05, 0) is 50.1 Å². The molecule has 2 rings (SSSR count). The van der Waals surface area contributed by atoms with E-state index in [9.17, 15) is 13.2 Å². The van der Waals surface area contributed by atoms with Crippen molar-refractivity contribution in [3.8, 4) is 0 Å². The van der Waals surface area contributed by atoms with Crippen LogP contribution in [0.5, 0.6) is 0 Å². The second kappa shape index (κ2) is 7.77. The summed E-state index contributed by atoms with van der Waals surface area (Å²) >= 11 is 0. The SMILES string of the molecule is CS(=O)(=O)c1ccc(C(=O)NCC[C@H]2CCCN2)cc1.Cl. The monoisotopic (exact) mass is 332 g/mol. The molecular formula is C14H21ClN2O3S. The molecule has 1 atom stereocenters. The number of halogens is 1. The highest BCUT2D eigenvalue weighted by Gasteiger charge is 2.14. The minimum absolute atomic E-state index is 0. The predicted octanol–water partition coefficient (Wildman–Crippen LogP) is 1.38. The molecule has 1 aliphatic rings. The molecule has 5 nitrogen and oxygen atoms in total. The molecule has 1 aromatic rings. The fraction of sp³-hybridized carbons (Fsp3) is 0.500. The van der Waals surface area contributed by atoms with Crippen LogP contribution in [0.3, 0.4) is 0 Å². The lowest BCUT2D eigenvalue weighted by Crippen LogP contribution is -2.30. The average Bonchev–Trinajstić information content (AvgIpc) is 2.91. The predicted molar refractivity (Wildman–Crippen MR) is 84.8 cm³/mol. The molecule has 21 heavy (non-hydrogen) atoms. The van der Waals surface area contributed by atoms with Crippen LogP contribution in [-0.4, -0.2) is 39.7 Å². The number of hydrogen-bond acceptors (Lipinski definition) is 4. The normalized spacial score (nSPS) is 18.0. The van der Waals surface area contributed by atoms with Gasteiger partial charge in [-0.25, -0.2) is 8.42 Å². The number of amides is 1. The van der Waals surface area contributed by atoms with Gasteiger partial charge in [0, 0.05) is 24.4 Å². The van der Waals surface area contributed by atoms with Crippen molar-refractivity contribution in [3.05, 3.63) is 29.8 Å². The fourth-order valence-corrected chi connectivity index (χ4v) is 2.95. The van der Waals surface area contributed by atoms with E-state index in [2.05, 4.69) is 10.6 Å². The fourth-order valence-electron chi connectivity index (χ4n) is 2.32. The van der Waals surface area contributed by atoms with Gasteiger partial charge in [0.05, 0.1) is 4.90 Å². The highest BCUT2D eigenvalue weighted by Crippen LogP contribution is 2.11. The van der Waals surface area contributed by atoms with Crippen LogP contribution in [0, 0.1) is 0 Å². The summed E-state index contributed by atoms with van der Waals surface area (Å²) in [5.41, 5.74) is 0.483. The van der Waals surface area contributed by atoms with Crippen molar-refractivity contribution in [3.63, 3.8) is 0 Å². The Morgan fingerprint density at radius 2 is 2.00 bits per heavy atom. The molecule has 1 fully saturated rings. The zero-order valence-corrected chi connectivity index (χ0v) is 13.6. The maximum Gasteiger partial charge on any atom is 0.251 e. The van der Waals surface area contributed by atoms with Crippen molar-refractivity contribution >= 4 is 28.2 Å². The number of carbonyl (C=O) groups excluding carboxylic acids is 1. The Morgan fingerprint density at radius 3 is 2.52 bits per heavy atom. The number of hydrogen-bond donors (Lipinski definition) is 2. The third kappa shape index (κ3) is 5.30. The largest absolute Gasteiger partial charge is 0.352 e. The van der Waals surface area contributed by atoms with Crippen LogP contribution in [0.1, 0.15) is 29.6 Å². The first-order chi connectivity index (χ1) is 9.47. The average molecular weight is 333 g/mol. The smallest absolute Gasteiger partial charge is 0.251 e. The van der Waals surface area contributed by atoms with Crippen LogP contribution in [0.15, 0.2) is 29.2 Å². The number of nitrogens with one attached hydrogen (secondary N) is 2. The summed E-state index contributed by atoms with van der Waals surface area (Å²) in [5.74, 6) is -0.164. The zero-order valence-electron chi connectivity index (χ0n) is 12.0. The van der Waals surface area contributed by atoms with Crippen LogP contribution in [-0.2, 0) is 9.84 Å². The number of carbonyl (C=O) groups is 1. The molecule has 0 unspecified atom stereocenters. The van der Waals surface area contributed by atoms with Crippen molar-refractivity contribution < 1.29 is 13.2 Å². The van der Waals surface area contributed by atoms with Gasteiger partial charge >= 0.3 is 0 Å². The molecule has 1 amide bonds. The summed E-state index contributed by atoms with van der Waals surface area (Å²) in [6.07, 6.45) is 4.44. The first kappa shape index (κ1) is 17.9. The second-order valence-corrected chi connectivity index (χ2v) is 7.15. The van der Waals surface area contributed by atoms with Crippen LogP contribution < -0.4 is 10.6 Å². The van der Waals surface area contributed by atoms with E-state index >= 15 is 0 Å². The van der Waals surface area contributed by atoms with Crippen LogP contribution in [0.2, 0.25) is 0 Å². The van der Waals surface area contributed by atoms with E-state index in [1.54, 1.807) is 12.1 Å². The van der Waals surface area contributed by atoms with E-state index in [0.29, 0.717) is 18.2 Å². The van der Waals surface area contributed by atoms with Gasteiger partial charge in [0.1, 0.15) is 0 Å². The summed E-state index contributed by atoms with van der Waals surface area (Å²) in [6.45, 7) is 1.69. The maximum absolute atomic E-state index is 11.9. The molecule has 118 valence electrons. The third-order valence-electron chi connectivity index (χ3n) is 3.49. The highest BCUT2D eigenvalue weighted by molar-refractivity contribution is 7.90. The Bertz CT molecular complexity index is 566. The van der Waals surface area contributed by atoms with Crippen molar-refractivity contribution in [2.24, 2.45) is 0 Å². The van der Waals surface area contributed by atoms with Crippen molar-refractivity contribution in [2.75, 3.05) is 19.3 Å². The van der Waals surface area contributed by atoms with Gasteiger partial charge in [-0.3, -0.25) is 4.79 Å². The molecule has 0 aromatic heterocycles. The molecule has 0 aliphatic carbocycles. The van der Waals surface area contributed by atoms with Crippen LogP contribution >= 0.6 is 12.4 Å². The minimum Gasteiger partial charge on any atom is -0.352 e. The van der Waals surface area contributed by atoms with E-state index in [1.165, 1.54) is 25.0 Å². The van der Waals surface area contributed by atoms with Gasteiger partial charge in [-0.2, -0.15) is 0 Å². The molecule has 1 aliphatic heterocycles. The summed E-state index contributed by atoms with van der Waals surface area (Å²) in [7, 11) is -3.21. The molecule has 1 saturated heterocycles. The minimum atomic E-state index is -3.21. The first-order valence-electron chi connectivity index (χ1n) is 6.78. The van der Waals surface area contributed by atoms with E-state index in [1.807, 2.05) is 0 Å². The third-order valence-corrected chi connectivity index (χ3v) is 4.61. The molecule has 2 N–H and O–H groups in total. The maximum atomic E-state index is 11.9. The van der Waals surface area contributed by atoms with E-state index in [4.69, 9.17) is 0 Å². The van der Waals surface area contributed by atoms with Gasteiger partial charge in [0.2, 0.25) is 0 Å².